The van der Waals surface area contributed by atoms with Gasteiger partial charge in [-0.15, -0.1) is 5.10 Å². The van der Waals surface area contributed by atoms with Crippen LogP contribution in [0.15, 0.2) is 36.5 Å². The molecule has 3 aromatic rings. The first kappa shape index (κ1) is 18.4. The fourth-order valence-electron chi connectivity index (χ4n) is 6.20. The maximum absolute atomic E-state index is 4.64. The Labute approximate surface area is 177 Å². The minimum absolute atomic E-state index is 0.187. The first-order valence-electron chi connectivity index (χ1n) is 11.7. The summed E-state index contributed by atoms with van der Waals surface area (Å²) in [6.45, 7) is 5.00. The van der Waals surface area contributed by atoms with E-state index in [1.165, 1.54) is 75.7 Å². The van der Waals surface area contributed by atoms with Gasteiger partial charge in [-0.1, -0.05) is 25.0 Å². The van der Waals surface area contributed by atoms with Crippen LogP contribution in [0.3, 0.4) is 0 Å². The second-order valence-corrected chi connectivity index (χ2v) is 9.42. The lowest BCUT2D eigenvalue weighted by Gasteiger charge is -2.36. The van der Waals surface area contributed by atoms with Crippen LogP contribution < -0.4 is 9.80 Å². The number of hydrogen-bond donors (Lipinski definition) is 2. The Morgan fingerprint density at radius 2 is 1.93 bits per heavy atom. The van der Waals surface area contributed by atoms with Gasteiger partial charge in [0.1, 0.15) is 25.7 Å². The van der Waals surface area contributed by atoms with E-state index in [0.29, 0.717) is 6.04 Å². The number of quaternary nitrogens is 2. The van der Waals surface area contributed by atoms with Crippen molar-refractivity contribution in [2.24, 2.45) is 0 Å². The molecule has 2 aliphatic heterocycles. The average Bonchev–Trinajstić information content (AvgIpc) is 3.54. The number of fused-ring (bicyclic) bond motifs is 2. The highest BCUT2D eigenvalue weighted by Gasteiger charge is 2.43. The molecule has 0 radical (unpaired) electrons. The topological polar surface area (TPSA) is 65.4 Å². The summed E-state index contributed by atoms with van der Waals surface area (Å²) in [4.78, 5) is 7.97. The summed E-state index contributed by atoms with van der Waals surface area (Å²) in [5.41, 5.74) is 2.37. The van der Waals surface area contributed by atoms with Crippen LogP contribution in [-0.4, -0.2) is 57.4 Å². The minimum Gasteiger partial charge on any atom is -0.323 e. The number of tetrazole rings is 1. The van der Waals surface area contributed by atoms with Crippen molar-refractivity contribution in [2.75, 3.05) is 26.2 Å². The van der Waals surface area contributed by atoms with E-state index in [2.05, 4.69) is 49.5 Å². The van der Waals surface area contributed by atoms with E-state index in [-0.39, 0.29) is 6.04 Å². The maximum atomic E-state index is 4.64. The van der Waals surface area contributed by atoms with Gasteiger partial charge in [0, 0.05) is 30.0 Å². The predicted molar refractivity (Wildman–Crippen MR) is 113 cm³/mol. The third-order valence-electron chi connectivity index (χ3n) is 7.72. The first-order chi connectivity index (χ1) is 14.9. The molecule has 7 heteroatoms. The third-order valence-corrected chi connectivity index (χ3v) is 7.72. The molecule has 2 N–H and O–H groups in total. The molecule has 0 bridgehead atoms. The highest BCUT2D eigenvalue weighted by Crippen LogP contribution is 2.31. The van der Waals surface area contributed by atoms with E-state index in [1.54, 1.807) is 4.90 Å². The van der Waals surface area contributed by atoms with Gasteiger partial charge in [0.25, 0.3) is 0 Å². The largest absolute Gasteiger partial charge is 0.323 e. The molecule has 2 saturated heterocycles. The monoisotopic (exact) mass is 405 g/mol. The summed E-state index contributed by atoms with van der Waals surface area (Å²) < 4.78 is 2.17. The summed E-state index contributed by atoms with van der Waals surface area (Å²) in [6.07, 6.45) is 9.57. The molecule has 4 heterocycles. The maximum Gasteiger partial charge on any atom is 0.214 e. The fraction of sp³-hybridized carbons (Fsp3) is 0.565. The molecule has 1 saturated carbocycles. The van der Waals surface area contributed by atoms with Gasteiger partial charge in [0.05, 0.1) is 18.1 Å². The number of benzene rings is 1. The van der Waals surface area contributed by atoms with E-state index in [9.17, 15) is 0 Å². The molecule has 2 unspecified atom stereocenters. The van der Waals surface area contributed by atoms with Gasteiger partial charge in [-0.25, -0.2) is 4.68 Å². The zero-order valence-corrected chi connectivity index (χ0v) is 17.5. The van der Waals surface area contributed by atoms with Crippen LogP contribution in [0.2, 0.25) is 0 Å². The van der Waals surface area contributed by atoms with E-state index < -0.39 is 0 Å². The molecule has 1 aliphatic carbocycles. The Hall–Kier alpha value is -2.38. The Kier molecular flexibility index (Phi) is 4.72. The Morgan fingerprint density at radius 1 is 1.00 bits per heavy atom. The van der Waals surface area contributed by atoms with Crippen LogP contribution in [-0.2, 0) is 0 Å². The molecule has 0 amide bonds. The molecule has 156 valence electrons. The zero-order chi connectivity index (χ0) is 19.9. The normalized spacial score (nSPS) is 28.1. The highest BCUT2D eigenvalue weighted by atomic mass is 15.6. The second kappa shape index (κ2) is 7.71. The van der Waals surface area contributed by atoms with Crippen LogP contribution >= 0.6 is 0 Å². The standard InChI is InChI=1S/C23H29N7/c1-2-7-19(6-1)30-23(25-26-27-30)22(29-14-13-28-12-4-8-20(28)16-29)18-9-10-21-17(15-18)5-3-11-24-21/h3,5,9-11,15,19-20,22H,1-2,4,6-8,12-14,16H2/p+2/t20-,22+/m1/s1. The van der Waals surface area contributed by atoms with Crippen molar-refractivity contribution in [3.05, 3.63) is 47.9 Å². The molecule has 0 spiro atoms. The van der Waals surface area contributed by atoms with Gasteiger partial charge in [-0.3, -0.25) is 4.98 Å². The summed E-state index contributed by atoms with van der Waals surface area (Å²) in [6, 6.07) is 12.4. The molecule has 3 fully saturated rings. The summed E-state index contributed by atoms with van der Waals surface area (Å²) in [5, 5.41) is 14.5. The lowest BCUT2D eigenvalue weighted by atomic mass is 9.99. The molecule has 3 aliphatic rings. The quantitative estimate of drug-likeness (QED) is 0.658. The van der Waals surface area contributed by atoms with E-state index in [4.69, 9.17) is 0 Å². The molecule has 6 rings (SSSR count). The van der Waals surface area contributed by atoms with Gasteiger partial charge in [0.15, 0.2) is 6.04 Å². The lowest BCUT2D eigenvalue weighted by molar-refractivity contribution is -1.03. The lowest BCUT2D eigenvalue weighted by Crippen LogP contribution is -3.29. The molecule has 30 heavy (non-hydrogen) atoms. The van der Waals surface area contributed by atoms with Crippen molar-refractivity contribution >= 4 is 10.9 Å². The molecular weight excluding hydrogens is 374 g/mol. The van der Waals surface area contributed by atoms with Gasteiger partial charge >= 0.3 is 0 Å². The number of rotatable bonds is 4. The number of nitrogens with zero attached hydrogens (tertiary/aromatic N) is 5. The number of hydrogen-bond acceptors (Lipinski definition) is 4. The third kappa shape index (κ3) is 3.20. The summed E-state index contributed by atoms with van der Waals surface area (Å²) >= 11 is 0. The predicted octanol–water partition coefficient (Wildman–Crippen LogP) is 0.372. The van der Waals surface area contributed by atoms with Gasteiger partial charge in [-0.2, -0.15) is 0 Å². The zero-order valence-electron chi connectivity index (χ0n) is 17.5. The van der Waals surface area contributed by atoms with Gasteiger partial charge in [0.2, 0.25) is 5.82 Å². The van der Waals surface area contributed by atoms with Crippen molar-refractivity contribution in [1.82, 2.24) is 25.2 Å². The Morgan fingerprint density at radius 3 is 2.87 bits per heavy atom. The number of nitrogens with one attached hydrogen (secondary N) is 2. The van der Waals surface area contributed by atoms with Crippen molar-refractivity contribution in [2.45, 2.75) is 56.7 Å². The van der Waals surface area contributed by atoms with E-state index in [1.807, 2.05) is 17.2 Å². The van der Waals surface area contributed by atoms with E-state index in [0.717, 1.165) is 17.4 Å². The van der Waals surface area contributed by atoms with Crippen molar-refractivity contribution < 1.29 is 9.80 Å². The molecule has 2 aromatic heterocycles. The minimum atomic E-state index is 0.187. The Balaban J connectivity index is 1.42. The fourth-order valence-corrected chi connectivity index (χ4v) is 6.20. The molecule has 7 nitrogen and oxygen atoms in total. The van der Waals surface area contributed by atoms with Gasteiger partial charge < -0.3 is 9.80 Å². The summed E-state index contributed by atoms with van der Waals surface area (Å²) in [5.74, 6) is 1.06. The SMILES string of the molecule is c1cnc2ccc([C@@H](c3nnnn3C3CCCC3)[NH+]3CC[NH+]4CCC[C@@H]4C3)cc2c1. The van der Waals surface area contributed by atoms with Crippen LogP contribution in [0.1, 0.15) is 62.0 Å². The first-order valence-corrected chi connectivity index (χ1v) is 11.7. The molecule has 4 atom stereocenters. The van der Waals surface area contributed by atoms with Crippen molar-refractivity contribution in [3.8, 4) is 0 Å². The van der Waals surface area contributed by atoms with Gasteiger partial charge in [-0.05, 0) is 41.5 Å². The van der Waals surface area contributed by atoms with Crippen LogP contribution in [0, 0.1) is 0 Å². The van der Waals surface area contributed by atoms with Crippen molar-refractivity contribution in [3.63, 3.8) is 0 Å². The number of aromatic nitrogens is 5. The summed E-state index contributed by atoms with van der Waals surface area (Å²) in [7, 11) is 0. The number of pyridine rings is 1. The Bertz CT molecular complexity index is 1030. The average molecular weight is 406 g/mol. The van der Waals surface area contributed by atoms with Crippen LogP contribution in [0.4, 0.5) is 0 Å². The van der Waals surface area contributed by atoms with E-state index >= 15 is 0 Å². The van der Waals surface area contributed by atoms with Crippen LogP contribution in [0.5, 0.6) is 0 Å². The molecule has 1 aromatic carbocycles. The van der Waals surface area contributed by atoms with Crippen molar-refractivity contribution in [1.29, 1.82) is 0 Å². The molecular formula is C23H31N7+2. The second-order valence-electron chi connectivity index (χ2n) is 9.42. The smallest absolute Gasteiger partial charge is 0.214 e. The number of piperazine rings is 1. The van der Waals surface area contributed by atoms with Crippen LogP contribution in [0.25, 0.3) is 10.9 Å². The highest BCUT2D eigenvalue weighted by molar-refractivity contribution is 5.79.